The molecule has 1 N–H and O–H groups in total. The highest BCUT2D eigenvalue weighted by atomic mass is 16.3. The minimum absolute atomic E-state index is 0.126. The number of hydrogen-bond donors (Lipinski definition) is 1. The molecule has 8 rings (SSSR count). The largest absolute Gasteiger partial charge is 0.453 e. The molecule has 0 radical (unpaired) electrons. The van der Waals surface area contributed by atoms with Crippen LogP contribution in [0, 0.1) is 6.92 Å². The molecule has 9 nitrogen and oxygen atoms in total. The zero-order chi connectivity index (χ0) is 37.1. The van der Waals surface area contributed by atoms with Gasteiger partial charge in [0.05, 0.1) is 22.5 Å². The summed E-state index contributed by atoms with van der Waals surface area (Å²) in [4.78, 5) is 49.0. The van der Waals surface area contributed by atoms with Gasteiger partial charge in [0.25, 0.3) is 11.8 Å². The Bertz CT molecular complexity index is 2740. The Morgan fingerprint density at radius 1 is 0.830 bits per heavy atom. The van der Waals surface area contributed by atoms with Crippen LogP contribution in [0.1, 0.15) is 39.0 Å². The fourth-order valence-corrected chi connectivity index (χ4v) is 7.55. The molecule has 1 aliphatic heterocycles. The molecule has 1 fully saturated rings. The van der Waals surface area contributed by atoms with Crippen molar-refractivity contribution in [1.82, 2.24) is 9.55 Å². The summed E-state index contributed by atoms with van der Waals surface area (Å²) < 4.78 is 8.51. The Morgan fingerprint density at radius 2 is 1.58 bits per heavy atom. The van der Waals surface area contributed by atoms with Crippen LogP contribution in [0.5, 0.6) is 0 Å². The third-order valence-corrected chi connectivity index (χ3v) is 10.3. The van der Waals surface area contributed by atoms with Crippen molar-refractivity contribution in [3.8, 4) is 0 Å². The Hall–Kier alpha value is -6.48. The molecule has 1 aliphatic rings. The van der Waals surface area contributed by atoms with Gasteiger partial charge in [0.15, 0.2) is 16.6 Å². The van der Waals surface area contributed by atoms with Crippen LogP contribution in [-0.2, 0) is 16.6 Å². The molecule has 2 amide bonds. The van der Waals surface area contributed by atoms with Crippen molar-refractivity contribution in [1.29, 1.82) is 0 Å². The number of nitrogens with zero attached hydrogens (tertiary/aromatic N) is 4. The van der Waals surface area contributed by atoms with E-state index in [1.807, 2.05) is 88.5 Å². The van der Waals surface area contributed by atoms with Crippen LogP contribution in [0.2, 0.25) is 0 Å². The van der Waals surface area contributed by atoms with Gasteiger partial charge in [0.2, 0.25) is 0 Å². The zero-order valence-corrected chi connectivity index (χ0v) is 30.6. The van der Waals surface area contributed by atoms with Gasteiger partial charge in [-0.1, -0.05) is 23.8 Å². The number of aryl methyl sites for hydroxylation is 2. The SMILES string of the molecule is CCN(CC)c1ccc2nc3c(cc(Nc4ccc(N5C(=O)C(=C(C)C)/C(=C/c6c(C)c7ccccc7n6C)C5=O)cc4)c4ccc(=O)cc43)oc2c1. The Balaban J connectivity index is 1.15. The second-order valence-corrected chi connectivity index (χ2v) is 13.7. The second-order valence-electron chi connectivity index (χ2n) is 13.7. The van der Waals surface area contributed by atoms with Crippen molar-refractivity contribution in [2.75, 3.05) is 28.2 Å². The number of aromatic nitrogens is 2. The van der Waals surface area contributed by atoms with Crippen LogP contribution in [-0.4, -0.2) is 34.5 Å². The number of rotatable bonds is 7. The van der Waals surface area contributed by atoms with E-state index in [-0.39, 0.29) is 17.2 Å². The molecule has 0 saturated carbocycles. The highest BCUT2D eigenvalue weighted by molar-refractivity contribution is 6.38. The average molecular weight is 702 g/mol. The molecule has 5 aromatic carbocycles. The molecule has 53 heavy (non-hydrogen) atoms. The molecule has 2 aromatic heterocycles. The van der Waals surface area contributed by atoms with Gasteiger partial charge >= 0.3 is 0 Å². The first-order chi connectivity index (χ1) is 25.6. The number of carbonyl (C=O) groups excluding carboxylic acids is 2. The van der Waals surface area contributed by atoms with E-state index < -0.39 is 0 Å². The first kappa shape index (κ1) is 33.7. The molecule has 9 heteroatoms. The number of imide groups is 1. The quantitative estimate of drug-likeness (QED) is 0.0766. The second kappa shape index (κ2) is 12.9. The average Bonchev–Trinajstić information content (AvgIpc) is 3.55. The fourth-order valence-electron chi connectivity index (χ4n) is 7.55. The molecule has 0 spiro atoms. The van der Waals surface area contributed by atoms with Gasteiger partial charge in [-0.25, -0.2) is 9.88 Å². The maximum absolute atomic E-state index is 14.1. The Morgan fingerprint density at radius 3 is 2.30 bits per heavy atom. The lowest BCUT2D eigenvalue weighted by Gasteiger charge is -2.21. The lowest BCUT2D eigenvalue weighted by atomic mass is 10.0. The number of benzene rings is 5. The molecule has 0 bridgehead atoms. The van der Waals surface area contributed by atoms with E-state index in [1.54, 1.807) is 24.3 Å². The summed E-state index contributed by atoms with van der Waals surface area (Å²) in [6, 6.07) is 28.1. The van der Waals surface area contributed by atoms with Crippen LogP contribution < -0.4 is 20.5 Å². The summed E-state index contributed by atoms with van der Waals surface area (Å²) in [6.07, 6.45) is 1.85. The van der Waals surface area contributed by atoms with Gasteiger partial charge in [-0.2, -0.15) is 0 Å². The number of allylic oxidation sites excluding steroid dienone is 1. The molecule has 7 aromatic rings. The van der Waals surface area contributed by atoms with Gasteiger partial charge < -0.3 is 19.2 Å². The lowest BCUT2D eigenvalue weighted by Crippen LogP contribution is -2.29. The summed E-state index contributed by atoms with van der Waals surface area (Å²) in [6.45, 7) is 11.7. The van der Waals surface area contributed by atoms with Crippen molar-refractivity contribution < 1.29 is 14.0 Å². The number of nitrogens with one attached hydrogen (secondary N) is 1. The maximum atomic E-state index is 14.1. The van der Waals surface area contributed by atoms with Crippen LogP contribution >= 0.6 is 0 Å². The van der Waals surface area contributed by atoms with Gasteiger partial charge in [0.1, 0.15) is 11.0 Å². The monoisotopic (exact) mass is 701 g/mol. The Labute approximate surface area is 306 Å². The van der Waals surface area contributed by atoms with E-state index in [4.69, 9.17) is 9.40 Å². The van der Waals surface area contributed by atoms with Crippen molar-refractivity contribution in [3.63, 3.8) is 0 Å². The topological polar surface area (TPSA) is 101 Å². The number of anilines is 4. The minimum Gasteiger partial charge on any atom is -0.453 e. The predicted octanol–water partition coefficient (Wildman–Crippen LogP) is 9.18. The summed E-state index contributed by atoms with van der Waals surface area (Å²) in [7, 11) is 1.98. The number of amides is 2. The van der Waals surface area contributed by atoms with E-state index in [9.17, 15) is 14.4 Å². The minimum atomic E-state index is -0.365. The van der Waals surface area contributed by atoms with Crippen molar-refractivity contribution >= 4 is 84.5 Å². The van der Waals surface area contributed by atoms with Crippen LogP contribution in [0.15, 0.2) is 117 Å². The predicted molar refractivity (Wildman–Crippen MR) is 215 cm³/mol. The number of carbonyl (C=O) groups is 2. The summed E-state index contributed by atoms with van der Waals surface area (Å²) in [5.41, 5.74) is 9.88. The van der Waals surface area contributed by atoms with Gasteiger partial charge in [-0.05, 0) is 107 Å². The van der Waals surface area contributed by atoms with Gasteiger partial charge in [-0.3, -0.25) is 14.4 Å². The lowest BCUT2D eigenvalue weighted by molar-refractivity contribution is -0.119. The van der Waals surface area contributed by atoms with E-state index in [0.717, 1.165) is 63.3 Å². The van der Waals surface area contributed by atoms with E-state index in [0.29, 0.717) is 44.4 Å². The molecule has 0 atom stereocenters. The zero-order valence-electron chi connectivity index (χ0n) is 30.6. The first-order valence-corrected chi connectivity index (χ1v) is 17.8. The normalized spacial score (nSPS) is 14.1. The maximum Gasteiger partial charge on any atom is 0.266 e. The Kier molecular flexibility index (Phi) is 8.21. The van der Waals surface area contributed by atoms with Crippen molar-refractivity contribution in [2.24, 2.45) is 7.05 Å². The van der Waals surface area contributed by atoms with Gasteiger partial charge in [0, 0.05) is 71.0 Å². The molecular weight excluding hydrogens is 663 g/mol. The standard InChI is InChI=1S/C44H39N5O4/c1-7-48(8-2)29-17-20-35-39(21-29)53-40-24-36(32-19-18-30(50)22-33(32)42(40)46-35)45-27-13-15-28(16-14-27)49-43(51)34(41(25(3)4)44(49)52)23-38-26(5)31-11-9-10-12-37(31)47(38)6/h9-24,45H,7-8H2,1-6H3/b34-23-. The summed E-state index contributed by atoms with van der Waals surface area (Å²) in [5.74, 6) is -0.714. The molecule has 0 aliphatic carbocycles. The third-order valence-electron chi connectivity index (χ3n) is 10.3. The molecule has 0 unspecified atom stereocenters. The van der Waals surface area contributed by atoms with Crippen molar-refractivity contribution in [3.05, 3.63) is 129 Å². The van der Waals surface area contributed by atoms with Crippen molar-refractivity contribution in [2.45, 2.75) is 34.6 Å². The number of fused-ring (bicyclic) bond motifs is 5. The van der Waals surface area contributed by atoms with Crippen LogP contribution in [0.25, 0.3) is 50.0 Å². The first-order valence-electron chi connectivity index (χ1n) is 17.8. The highest BCUT2D eigenvalue weighted by Crippen LogP contribution is 2.38. The molecule has 1 saturated heterocycles. The van der Waals surface area contributed by atoms with Crippen LogP contribution in [0.4, 0.5) is 22.7 Å². The van der Waals surface area contributed by atoms with E-state index in [1.165, 1.54) is 11.0 Å². The van der Waals surface area contributed by atoms with Gasteiger partial charge in [-0.15, -0.1) is 0 Å². The molecule has 3 heterocycles. The smallest absolute Gasteiger partial charge is 0.266 e. The molecular formula is C44H39N5O4. The molecule has 264 valence electrons. The summed E-state index contributed by atoms with van der Waals surface area (Å²) in [5, 5.41) is 6.06. The number of para-hydroxylation sites is 1. The van der Waals surface area contributed by atoms with E-state index in [2.05, 4.69) is 34.7 Å². The third kappa shape index (κ3) is 5.56. The number of hydrogen-bond acceptors (Lipinski definition) is 7. The van der Waals surface area contributed by atoms with Crippen LogP contribution in [0.3, 0.4) is 0 Å². The van der Waals surface area contributed by atoms with E-state index >= 15 is 0 Å². The highest BCUT2D eigenvalue weighted by Gasteiger charge is 2.40. The fraction of sp³-hybridized carbons (Fsp3) is 0.182. The summed E-state index contributed by atoms with van der Waals surface area (Å²) >= 11 is 0.